The minimum Gasteiger partial charge on any atom is -0.368 e. The summed E-state index contributed by atoms with van der Waals surface area (Å²) in [5.74, 6) is -0.363. The number of anilines is 1. The fraction of sp³-hybridized carbons (Fsp3) is 0.562. The van der Waals surface area contributed by atoms with Gasteiger partial charge in [-0.3, -0.25) is 4.79 Å². The second-order valence-electron chi connectivity index (χ2n) is 6.58. The van der Waals surface area contributed by atoms with Crippen LogP contribution in [-0.2, 0) is 11.3 Å². The molecule has 1 aromatic rings. The fourth-order valence-corrected chi connectivity index (χ4v) is 2.29. The van der Waals surface area contributed by atoms with E-state index in [1.165, 1.54) is 0 Å². The fourth-order valence-electron chi connectivity index (χ4n) is 1.97. The molecule has 0 saturated heterocycles. The number of benzene rings is 1. The van der Waals surface area contributed by atoms with Crippen LogP contribution in [0.15, 0.2) is 18.2 Å². The van der Waals surface area contributed by atoms with E-state index >= 15 is 0 Å². The van der Waals surface area contributed by atoms with Crippen LogP contribution in [0.4, 0.5) is 5.69 Å². The van der Waals surface area contributed by atoms with E-state index in [0.717, 1.165) is 17.8 Å². The van der Waals surface area contributed by atoms with Crippen LogP contribution in [0.2, 0.25) is 5.02 Å². The summed E-state index contributed by atoms with van der Waals surface area (Å²) in [4.78, 5) is 13.1. The summed E-state index contributed by atoms with van der Waals surface area (Å²) in [6, 6.07) is 6.06. The highest BCUT2D eigenvalue weighted by Gasteiger charge is 2.16. The lowest BCUT2D eigenvalue weighted by Crippen LogP contribution is -2.38. The molecule has 0 heterocycles. The Hall–Kier alpha value is -1.26. The number of hydrogen-bond acceptors (Lipinski definition) is 3. The molecule has 0 fully saturated rings. The molecular weight excluding hydrogens is 286 g/mol. The number of halogens is 1. The highest BCUT2D eigenvalue weighted by molar-refractivity contribution is 6.33. The quantitative estimate of drug-likeness (QED) is 0.849. The average molecular weight is 312 g/mol. The van der Waals surface area contributed by atoms with Gasteiger partial charge in [-0.25, -0.2) is 0 Å². The summed E-state index contributed by atoms with van der Waals surface area (Å²) >= 11 is 6.38. The van der Waals surface area contributed by atoms with Gasteiger partial charge in [0.1, 0.15) is 0 Å². The molecule has 0 radical (unpaired) electrons. The van der Waals surface area contributed by atoms with E-state index in [2.05, 4.69) is 26.1 Å². The normalized spacial score (nSPS) is 11.8. The summed E-state index contributed by atoms with van der Waals surface area (Å²) in [6.07, 6.45) is 0. The zero-order chi connectivity index (χ0) is 16.2. The Morgan fingerprint density at radius 1 is 1.38 bits per heavy atom. The van der Waals surface area contributed by atoms with Gasteiger partial charge in [-0.05, 0) is 52.3 Å². The van der Waals surface area contributed by atoms with Crippen molar-refractivity contribution >= 4 is 23.2 Å². The second kappa shape index (κ2) is 7.14. The van der Waals surface area contributed by atoms with Gasteiger partial charge in [-0.15, -0.1) is 0 Å². The maximum atomic E-state index is 11.2. The molecule has 1 amide bonds. The highest BCUT2D eigenvalue weighted by atomic mass is 35.5. The average Bonchev–Trinajstić information content (AvgIpc) is 2.33. The van der Waals surface area contributed by atoms with Crippen LogP contribution in [-0.4, -0.2) is 24.0 Å². The molecular formula is C16H26ClN3O. The van der Waals surface area contributed by atoms with E-state index < -0.39 is 0 Å². The minimum atomic E-state index is -0.363. The van der Waals surface area contributed by atoms with Gasteiger partial charge in [-0.2, -0.15) is 0 Å². The molecule has 0 unspecified atom stereocenters. The van der Waals surface area contributed by atoms with Crippen LogP contribution in [0, 0.1) is 0 Å². The van der Waals surface area contributed by atoms with E-state index in [9.17, 15) is 4.79 Å². The molecule has 1 aromatic carbocycles. The van der Waals surface area contributed by atoms with Gasteiger partial charge in [0.15, 0.2) is 0 Å². The molecule has 5 heteroatoms. The van der Waals surface area contributed by atoms with Gasteiger partial charge in [0.25, 0.3) is 0 Å². The van der Waals surface area contributed by atoms with Crippen molar-refractivity contribution in [1.82, 2.24) is 5.32 Å². The smallest absolute Gasteiger partial charge is 0.236 e. The first-order valence-electron chi connectivity index (χ1n) is 7.18. The van der Waals surface area contributed by atoms with E-state index in [0.29, 0.717) is 5.02 Å². The number of hydrogen-bond donors (Lipinski definition) is 2. The van der Waals surface area contributed by atoms with Crippen molar-refractivity contribution < 1.29 is 4.79 Å². The van der Waals surface area contributed by atoms with Crippen LogP contribution < -0.4 is 16.0 Å². The van der Waals surface area contributed by atoms with Gasteiger partial charge < -0.3 is 16.0 Å². The molecule has 21 heavy (non-hydrogen) atoms. The molecule has 0 aliphatic carbocycles. The van der Waals surface area contributed by atoms with E-state index in [4.69, 9.17) is 17.3 Å². The van der Waals surface area contributed by atoms with Crippen LogP contribution in [0.3, 0.4) is 0 Å². The molecule has 118 valence electrons. The SMILES string of the molecule is CC(C)N(CC(N)=O)c1ccc(CNC(C)(C)C)cc1Cl. The lowest BCUT2D eigenvalue weighted by atomic mass is 10.1. The summed E-state index contributed by atoms with van der Waals surface area (Å²) in [5, 5.41) is 4.06. The number of nitrogens with zero attached hydrogens (tertiary/aromatic N) is 1. The molecule has 3 N–H and O–H groups in total. The maximum Gasteiger partial charge on any atom is 0.236 e. The van der Waals surface area contributed by atoms with Crippen molar-refractivity contribution in [3.63, 3.8) is 0 Å². The minimum absolute atomic E-state index is 0.0566. The number of amides is 1. The zero-order valence-corrected chi connectivity index (χ0v) is 14.3. The predicted octanol–water partition coefficient (Wildman–Crippen LogP) is 2.93. The lowest BCUT2D eigenvalue weighted by Gasteiger charge is -2.29. The van der Waals surface area contributed by atoms with Crippen molar-refractivity contribution in [3.8, 4) is 0 Å². The summed E-state index contributed by atoms with van der Waals surface area (Å²) in [6.45, 7) is 11.3. The largest absolute Gasteiger partial charge is 0.368 e. The van der Waals surface area contributed by atoms with Crippen molar-refractivity contribution in [2.75, 3.05) is 11.4 Å². The number of nitrogens with one attached hydrogen (secondary N) is 1. The van der Waals surface area contributed by atoms with Gasteiger partial charge in [-0.1, -0.05) is 17.7 Å². The lowest BCUT2D eigenvalue weighted by molar-refractivity contribution is -0.116. The monoisotopic (exact) mass is 311 g/mol. The van der Waals surface area contributed by atoms with Crippen LogP contribution in [0.25, 0.3) is 0 Å². The third-order valence-corrected chi connectivity index (χ3v) is 3.40. The van der Waals surface area contributed by atoms with E-state index in [1.54, 1.807) is 0 Å². The Kier molecular flexibility index (Phi) is 6.05. The Balaban J connectivity index is 2.92. The third kappa shape index (κ3) is 5.94. The number of rotatable bonds is 6. The van der Waals surface area contributed by atoms with Crippen LogP contribution >= 0.6 is 11.6 Å². The Morgan fingerprint density at radius 3 is 2.43 bits per heavy atom. The van der Waals surface area contributed by atoms with Gasteiger partial charge in [0, 0.05) is 18.1 Å². The van der Waals surface area contributed by atoms with Crippen LogP contribution in [0.1, 0.15) is 40.2 Å². The number of carbonyl (C=O) groups excluding carboxylic acids is 1. The molecule has 1 rings (SSSR count). The van der Waals surface area contributed by atoms with Crippen molar-refractivity contribution in [1.29, 1.82) is 0 Å². The molecule has 0 bridgehead atoms. The zero-order valence-electron chi connectivity index (χ0n) is 13.5. The van der Waals surface area contributed by atoms with Gasteiger partial charge in [0.2, 0.25) is 5.91 Å². The number of primary amides is 1. The molecule has 4 nitrogen and oxygen atoms in total. The molecule has 0 spiro atoms. The molecule has 0 saturated carbocycles. The number of carbonyl (C=O) groups is 1. The Morgan fingerprint density at radius 2 is 2.00 bits per heavy atom. The Labute approximate surface area is 132 Å². The predicted molar refractivity (Wildman–Crippen MR) is 89.7 cm³/mol. The molecule has 0 aromatic heterocycles. The summed E-state index contributed by atoms with van der Waals surface area (Å²) < 4.78 is 0. The summed E-state index contributed by atoms with van der Waals surface area (Å²) in [5.41, 5.74) is 7.32. The molecule has 0 aliphatic rings. The maximum absolute atomic E-state index is 11.2. The molecule has 0 aliphatic heterocycles. The Bertz CT molecular complexity index is 495. The first kappa shape index (κ1) is 17.8. The standard InChI is InChI=1S/C16H26ClN3O/c1-11(2)20(10-15(18)21)14-7-6-12(8-13(14)17)9-19-16(3,4)5/h6-8,11,19H,9-10H2,1-5H3,(H2,18,21). The van der Waals surface area contributed by atoms with Crippen LogP contribution in [0.5, 0.6) is 0 Å². The van der Waals surface area contributed by atoms with E-state index in [1.807, 2.05) is 36.9 Å². The van der Waals surface area contributed by atoms with E-state index in [-0.39, 0.29) is 24.0 Å². The highest BCUT2D eigenvalue weighted by Crippen LogP contribution is 2.28. The van der Waals surface area contributed by atoms with Crippen molar-refractivity contribution in [2.45, 2.75) is 52.7 Å². The van der Waals surface area contributed by atoms with Crippen molar-refractivity contribution in [2.24, 2.45) is 5.73 Å². The third-order valence-electron chi connectivity index (χ3n) is 3.09. The molecule has 0 atom stereocenters. The first-order chi connectivity index (χ1) is 9.60. The summed E-state index contributed by atoms with van der Waals surface area (Å²) in [7, 11) is 0. The number of nitrogens with two attached hydrogens (primary N) is 1. The van der Waals surface area contributed by atoms with Gasteiger partial charge >= 0.3 is 0 Å². The topological polar surface area (TPSA) is 58.4 Å². The first-order valence-corrected chi connectivity index (χ1v) is 7.56. The second-order valence-corrected chi connectivity index (χ2v) is 6.98. The van der Waals surface area contributed by atoms with Crippen molar-refractivity contribution in [3.05, 3.63) is 28.8 Å². The van der Waals surface area contributed by atoms with Gasteiger partial charge in [0.05, 0.1) is 17.3 Å².